The van der Waals surface area contributed by atoms with E-state index in [1.807, 2.05) is 25.1 Å². The molecule has 2 heterocycles. The van der Waals surface area contributed by atoms with Crippen LogP contribution in [0.5, 0.6) is 0 Å². The van der Waals surface area contributed by atoms with Gasteiger partial charge in [0.15, 0.2) is 0 Å². The van der Waals surface area contributed by atoms with Crippen molar-refractivity contribution >= 4 is 23.3 Å². The zero-order valence-corrected chi connectivity index (χ0v) is 13.0. The standard InChI is InChI=1S/C16H19N5O2/c1-2-17-16(23)21-9-6-12-4-5-13(10-14(12)21)19-15(22)11-20-8-3-7-18-20/h3-5,7-8,10H,2,6,9,11H2,1H3,(H,17,23)(H,19,22). The summed E-state index contributed by atoms with van der Waals surface area (Å²) >= 11 is 0. The maximum atomic E-state index is 12.1. The van der Waals surface area contributed by atoms with Crippen LogP contribution in [0.2, 0.25) is 0 Å². The first-order chi connectivity index (χ1) is 11.2. The van der Waals surface area contributed by atoms with Crippen LogP contribution < -0.4 is 15.5 Å². The number of urea groups is 1. The number of hydrogen-bond donors (Lipinski definition) is 2. The Hall–Kier alpha value is -2.83. The van der Waals surface area contributed by atoms with E-state index in [2.05, 4.69) is 15.7 Å². The Balaban J connectivity index is 1.71. The molecule has 0 radical (unpaired) electrons. The number of carbonyl (C=O) groups is 2. The molecule has 3 rings (SSSR count). The summed E-state index contributed by atoms with van der Waals surface area (Å²) in [4.78, 5) is 25.8. The van der Waals surface area contributed by atoms with E-state index in [1.54, 1.807) is 28.0 Å². The van der Waals surface area contributed by atoms with Gasteiger partial charge in [0.1, 0.15) is 6.54 Å². The lowest BCUT2D eigenvalue weighted by Gasteiger charge is -2.18. The van der Waals surface area contributed by atoms with E-state index < -0.39 is 0 Å². The second-order valence-corrected chi connectivity index (χ2v) is 5.33. The highest BCUT2D eigenvalue weighted by Gasteiger charge is 2.24. The van der Waals surface area contributed by atoms with Gasteiger partial charge < -0.3 is 10.6 Å². The lowest BCUT2D eigenvalue weighted by molar-refractivity contribution is -0.116. The number of rotatable bonds is 4. The van der Waals surface area contributed by atoms with Crippen LogP contribution in [0.1, 0.15) is 12.5 Å². The summed E-state index contributed by atoms with van der Waals surface area (Å²) in [6.07, 6.45) is 4.19. The Kier molecular flexibility index (Phi) is 4.27. The van der Waals surface area contributed by atoms with Gasteiger partial charge in [-0.15, -0.1) is 0 Å². The molecule has 1 aliphatic heterocycles. The third-order valence-electron chi connectivity index (χ3n) is 3.70. The molecule has 1 aromatic heterocycles. The molecule has 0 fully saturated rings. The van der Waals surface area contributed by atoms with Crippen molar-refractivity contribution in [1.29, 1.82) is 0 Å². The minimum Gasteiger partial charge on any atom is -0.338 e. The van der Waals surface area contributed by atoms with Gasteiger partial charge in [-0.05, 0) is 37.1 Å². The Labute approximate surface area is 134 Å². The van der Waals surface area contributed by atoms with Crippen LogP contribution in [0.4, 0.5) is 16.2 Å². The molecule has 23 heavy (non-hydrogen) atoms. The highest BCUT2D eigenvalue weighted by Crippen LogP contribution is 2.30. The van der Waals surface area contributed by atoms with Gasteiger partial charge in [-0.3, -0.25) is 14.4 Å². The van der Waals surface area contributed by atoms with Crippen LogP contribution >= 0.6 is 0 Å². The van der Waals surface area contributed by atoms with E-state index >= 15 is 0 Å². The van der Waals surface area contributed by atoms with Crippen LogP contribution in [0.3, 0.4) is 0 Å². The number of nitrogens with zero attached hydrogens (tertiary/aromatic N) is 3. The van der Waals surface area contributed by atoms with Gasteiger partial charge in [0.2, 0.25) is 5.91 Å². The Morgan fingerprint density at radius 2 is 2.22 bits per heavy atom. The number of hydrogen-bond acceptors (Lipinski definition) is 3. The average molecular weight is 313 g/mol. The van der Waals surface area contributed by atoms with Crippen LogP contribution in [-0.4, -0.2) is 34.8 Å². The largest absolute Gasteiger partial charge is 0.338 e. The smallest absolute Gasteiger partial charge is 0.321 e. The maximum absolute atomic E-state index is 12.1. The molecule has 2 N–H and O–H groups in total. The van der Waals surface area contributed by atoms with Crippen LogP contribution in [0, 0.1) is 0 Å². The van der Waals surface area contributed by atoms with Crippen molar-refractivity contribution in [2.45, 2.75) is 19.9 Å². The third-order valence-corrected chi connectivity index (χ3v) is 3.70. The quantitative estimate of drug-likeness (QED) is 0.900. The predicted octanol–water partition coefficient (Wildman–Crippen LogP) is 1.61. The lowest BCUT2D eigenvalue weighted by Crippen LogP contribution is -2.38. The molecular formula is C16H19N5O2. The summed E-state index contributed by atoms with van der Waals surface area (Å²) in [6.45, 7) is 3.29. The van der Waals surface area contributed by atoms with Crippen molar-refractivity contribution in [3.05, 3.63) is 42.2 Å². The molecule has 3 amide bonds. The molecule has 120 valence electrons. The van der Waals surface area contributed by atoms with Gasteiger partial charge in [0, 0.05) is 31.2 Å². The van der Waals surface area contributed by atoms with E-state index in [9.17, 15) is 9.59 Å². The molecule has 0 unspecified atom stereocenters. The van der Waals surface area contributed by atoms with Gasteiger partial charge in [-0.1, -0.05) is 6.07 Å². The summed E-state index contributed by atoms with van der Waals surface area (Å²) in [7, 11) is 0. The van der Waals surface area contributed by atoms with Gasteiger partial charge >= 0.3 is 6.03 Å². The van der Waals surface area contributed by atoms with E-state index in [-0.39, 0.29) is 18.5 Å². The van der Waals surface area contributed by atoms with Gasteiger partial charge in [-0.25, -0.2) is 4.79 Å². The zero-order chi connectivity index (χ0) is 16.2. The van der Waals surface area contributed by atoms with Gasteiger partial charge in [-0.2, -0.15) is 5.10 Å². The first-order valence-electron chi connectivity index (χ1n) is 7.63. The van der Waals surface area contributed by atoms with E-state index in [0.717, 1.165) is 17.7 Å². The first kappa shape index (κ1) is 15.1. The average Bonchev–Trinajstić information content (AvgIpc) is 3.16. The van der Waals surface area contributed by atoms with Crippen LogP contribution in [0.15, 0.2) is 36.7 Å². The van der Waals surface area contributed by atoms with E-state index in [1.165, 1.54) is 0 Å². The minimum absolute atomic E-state index is 0.105. The summed E-state index contributed by atoms with van der Waals surface area (Å²) < 4.78 is 1.56. The number of carbonyl (C=O) groups excluding carboxylic acids is 2. The van der Waals surface area contributed by atoms with Gasteiger partial charge in [0.25, 0.3) is 0 Å². The highest BCUT2D eigenvalue weighted by atomic mass is 16.2. The van der Waals surface area contributed by atoms with E-state index in [4.69, 9.17) is 0 Å². The number of benzene rings is 1. The molecule has 2 aromatic rings. The number of amides is 3. The second-order valence-electron chi connectivity index (χ2n) is 5.33. The molecule has 0 saturated carbocycles. The van der Waals surface area contributed by atoms with Crippen LogP contribution in [-0.2, 0) is 17.8 Å². The number of anilines is 2. The molecular weight excluding hydrogens is 294 g/mol. The summed E-state index contributed by atoms with van der Waals surface area (Å²) in [6, 6.07) is 7.33. The van der Waals surface area contributed by atoms with Crippen molar-refractivity contribution in [2.24, 2.45) is 0 Å². The van der Waals surface area contributed by atoms with E-state index in [0.29, 0.717) is 18.8 Å². The molecule has 0 spiro atoms. The third kappa shape index (κ3) is 3.33. The molecule has 0 aliphatic carbocycles. The van der Waals surface area contributed by atoms with Crippen LogP contribution in [0.25, 0.3) is 0 Å². The molecule has 7 heteroatoms. The fourth-order valence-electron chi connectivity index (χ4n) is 2.66. The van der Waals surface area contributed by atoms with Crippen molar-refractivity contribution in [1.82, 2.24) is 15.1 Å². The Morgan fingerprint density at radius 1 is 1.35 bits per heavy atom. The fraction of sp³-hybridized carbons (Fsp3) is 0.312. The molecule has 7 nitrogen and oxygen atoms in total. The summed E-state index contributed by atoms with van der Waals surface area (Å²) in [5.41, 5.74) is 2.64. The SMILES string of the molecule is CCNC(=O)N1CCc2ccc(NC(=O)Cn3cccn3)cc21. The highest BCUT2D eigenvalue weighted by molar-refractivity contribution is 5.96. The Morgan fingerprint density at radius 3 is 2.96 bits per heavy atom. The number of aromatic nitrogens is 2. The monoisotopic (exact) mass is 313 g/mol. The molecule has 1 aliphatic rings. The maximum Gasteiger partial charge on any atom is 0.321 e. The normalized spacial score (nSPS) is 12.8. The summed E-state index contributed by atoms with van der Waals surface area (Å²) in [5, 5.41) is 9.66. The molecule has 1 aromatic carbocycles. The second kappa shape index (κ2) is 6.51. The predicted molar refractivity (Wildman–Crippen MR) is 87.4 cm³/mol. The topological polar surface area (TPSA) is 79.3 Å². The molecule has 0 atom stereocenters. The Bertz CT molecular complexity index is 711. The first-order valence-corrected chi connectivity index (χ1v) is 7.63. The summed E-state index contributed by atoms with van der Waals surface area (Å²) in [5.74, 6) is -0.156. The zero-order valence-electron chi connectivity index (χ0n) is 13.0. The van der Waals surface area contributed by atoms with Crippen molar-refractivity contribution in [2.75, 3.05) is 23.3 Å². The molecule has 0 saturated heterocycles. The number of nitrogens with one attached hydrogen (secondary N) is 2. The minimum atomic E-state index is -0.156. The fourth-order valence-corrected chi connectivity index (χ4v) is 2.66. The van der Waals surface area contributed by atoms with Crippen molar-refractivity contribution < 1.29 is 9.59 Å². The number of fused-ring (bicyclic) bond motifs is 1. The van der Waals surface area contributed by atoms with Gasteiger partial charge in [0.05, 0.1) is 5.69 Å². The van der Waals surface area contributed by atoms with Crippen molar-refractivity contribution in [3.8, 4) is 0 Å². The molecule has 0 bridgehead atoms. The van der Waals surface area contributed by atoms with Crippen molar-refractivity contribution in [3.63, 3.8) is 0 Å². The lowest BCUT2D eigenvalue weighted by atomic mass is 10.1.